The van der Waals surface area contributed by atoms with Crippen molar-refractivity contribution in [2.24, 2.45) is 22.1 Å². The Morgan fingerprint density at radius 3 is 2.49 bits per heavy atom. The third-order valence-electron chi connectivity index (χ3n) is 15.7. The minimum Gasteiger partial charge on any atom is -0.481 e. The summed E-state index contributed by atoms with van der Waals surface area (Å²) in [5, 5.41) is 44.6. The number of carbonyl (C=O) groups is 1. The van der Waals surface area contributed by atoms with Crippen molar-refractivity contribution in [3.8, 4) is 0 Å². The molecule has 2 saturated carbocycles. The number of carboxylic acids is 1. The van der Waals surface area contributed by atoms with Gasteiger partial charge in [0.15, 0.2) is 0 Å². The molecule has 4 heterocycles. The van der Waals surface area contributed by atoms with Crippen molar-refractivity contribution >= 4 is 12.2 Å². The molecule has 0 radical (unpaired) electrons. The van der Waals surface area contributed by atoms with Crippen molar-refractivity contribution in [2.75, 3.05) is 19.8 Å². The highest BCUT2D eigenvalue weighted by Gasteiger charge is 2.49. The minimum atomic E-state index is -1.31. The molecule has 2 saturated heterocycles. The zero-order valence-electron chi connectivity index (χ0n) is 34.1. The number of nitrogens with one attached hydrogen (secondary N) is 3. The summed E-state index contributed by atoms with van der Waals surface area (Å²) >= 11 is 0. The van der Waals surface area contributed by atoms with Crippen LogP contribution in [0, 0.1) is 11.3 Å². The van der Waals surface area contributed by atoms with Crippen LogP contribution in [0.15, 0.2) is 29.3 Å². The van der Waals surface area contributed by atoms with Crippen molar-refractivity contribution in [2.45, 2.75) is 202 Å². The van der Waals surface area contributed by atoms with Crippen molar-refractivity contribution in [3.05, 3.63) is 35.4 Å². The maximum absolute atomic E-state index is 12.2. The number of aliphatic imine (C=N–C) groups is 1. The topological polar surface area (TPSA) is 155 Å². The quantitative estimate of drug-likeness (QED) is 0.192. The Morgan fingerprint density at radius 2 is 1.75 bits per heavy atom. The SMILES string of the molecule is CC1NC(CCC2CCCC3(CCCC3)CCC(O)(CC(=O)O)CNC3(C)CC(N)NC(C3)C3(CCCCC3)c3cccc(c3)C2)C(N2CC=NC2)CC1O. The smallest absolute Gasteiger partial charge is 0.306 e. The summed E-state index contributed by atoms with van der Waals surface area (Å²) in [7, 11) is 0. The molecule has 4 aliphatic heterocycles. The number of β-amino-alcohol motifs (C(OH)–C–C–N with tert-alkyl or cyclic N) is 1. The number of nitrogens with zero attached hydrogens (tertiary/aromatic N) is 2. The number of aliphatic hydroxyl groups excluding tert-OH is 1. The van der Waals surface area contributed by atoms with Crippen LogP contribution < -0.4 is 21.7 Å². The summed E-state index contributed by atoms with van der Waals surface area (Å²) in [5.41, 5.74) is 8.26. The number of fused-ring (bicyclic) bond motifs is 6. The highest BCUT2D eigenvalue weighted by molar-refractivity contribution is 5.68. The van der Waals surface area contributed by atoms with Gasteiger partial charge in [-0.05, 0) is 120 Å². The molecular formula is C45H74N6O4. The van der Waals surface area contributed by atoms with Gasteiger partial charge in [0, 0.05) is 54.4 Å². The Labute approximate surface area is 331 Å². The first-order valence-electron chi connectivity index (χ1n) is 22.3. The zero-order chi connectivity index (χ0) is 38.7. The van der Waals surface area contributed by atoms with Gasteiger partial charge < -0.3 is 31.7 Å². The molecule has 10 heteroatoms. The summed E-state index contributed by atoms with van der Waals surface area (Å²) in [6, 6.07) is 10.5. The van der Waals surface area contributed by atoms with E-state index in [9.17, 15) is 20.1 Å². The monoisotopic (exact) mass is 763 g/mol. The van der Waals surface area contributed by atoms with Crippen LogP contribution in [0.5, 0.6) is 0 Å². The lowest BCUT2D eigenvalue weighted by Gasteiger charge is -2.53. The Kier molecular flexibility index (Phi) is 13.1. The second-order valence-corrected chi connectivity index (χ2v) is 19.8. The Balaban J connectivity index is 1.20. The molecule has 4 bridgehead atoms. The molecule has 55 heavy (non-hydrogen) atoms. The van der Waals surface area contributed by atoms with Gasteiger partial charge in [0.25, 0.3) is 0 Å². The van der Waals surface area contributed by atoms with Crippen molar-refractivity contribution in [3.63, 3.8) is 0 Å². The lowest BCUT2D eigenvalue weighted by molar-refractivity contribution is -0.143. The van der Waals surface area contributed by atoms with Gasteiger partial charge in [-0.3, -0.25) is 20.0 Å². The highest BCUT2D eigenvalue weighted by Crippen LogP contribution is 2.49. The molecule has 0 amide bonds. The van der Waals surface area contributed by atoms with Crippen LogP contribution in [-0.2, 0) is 16.6 Å². The van der Waals surface area contributed by atoms with E-state index in [2.05, 4.69) is 64.0 Å². The molecule has 4 fully saturated rings. The molecule has 2 aliphatic carbocycles. The molecule has 10 nitrogen and oxygen atoms in total. The summed E-state index contributed by atoms with van der Waals surface area (Å²) < 4.78 is 0. The molecule has 7 rings (SSSR count). The predicted octanol–water partition coefficient (Wildman–Crippen LogP) is 5.77. The van der Waals surface area contributed by atoms with Gasteiger partial charge in [-0.25, -0.2) is 0 Å². The Bertz CT molecular complexity index is 1450. The van der Waals surface area contributed by atoms with Crippen LogP contribution >= 0.6 is 0 Å². The first-order chi connectivity index (χ1) is 26.4. The number of hydrogen-bond donors (Lipinski definition) is 7. The first-order valence-corrected chi connectivity index (χ1v) is 22.3. The molecule has 9 unspecified atom stereocenters. The molecule has 9 atom stereocenters. The van der Waals surface area contributed by atoms with Crippen LogP contribution in [0.4, 0.5) is 0 Å². The van der Waals surface area contributed by atoms with Crippen LogP contribution in [-0.4, -0.2) is 99.7 Å². The number of aliphatic hydroxyl groups is 2. The van der Waals surface area contributed by atoms with Crippen LogP contribution in [0.3, 0.4) is 0 Å². The van der Waals surface area contributed by atoms with Gasteiger partial charge >= 0.3 is 5.97 Å². The molecule has 0 aromatic heterocycles. The third-order valence-corrected chi connectivity index (χ3v) is 15.7. The van der Waals surface area contributed by atoms with Gasteiger partial charge in [0.2, 0.25) is 0 Å². The molecule has 2 spiro atoms. The summed E-state index contributed by atoms with van der Waals surface area (Å²) in [4.78, 5) is 19.2. The van der Waals surface area contributed by atoms with E-state index in [-0.39, 0.29) is 59.7 Å². The molecule has 6 aliphatic rings. The average Bonchev–Trinajstić information content (AvgIpc) is 3.87. The predicted molar refractivity (Wildman–Crippen MR) is 220 cm³/mol. The van der Waals surface area contributed by atoms with Gasteiger partial charge in [-0.1, -0.05) is 69.2 Å². The Morgan fingerprint density at radius 1 is 0.982 bits per heavy atom. The molecular weight excluding hydrogens is 689 g/mol. The number of hydrogen-bond acceptors (Lipinski definition) is 9. The van der Waals surface area contributed by atoms with Crippen LogP contribution in [0.25, 0.3) is 0 Å². The van der Waals surface area contributed by atoms with E-state index in [4.69, 9.17) is 5.73 Å². The second-order valence-electron chi connectivity index (χ2n) is 19.8. The maximum Gasteiger partial charge on any atom is 0.306 e. The molecule has 1 aromatic rings. The van der Waals surface area contributed by atoms with E-state index in [0.29, 0.717) is 18.4 Å². The fraction of sp³-hybridized carbons (Fsp3) is 0.822. The van der Waals surface area contributed by atoms with Crippen LogP contribution in [0.2, 0.25) is 0 Å². The maximum atomic E-state index is 12.2. The number of benzene rings is 1. The van der Waals surface area contributed by atoms with Crippen molar-refractivity contribution in [1.29, 1.82) is 0 Å². The van der Waals surface area contributed by atoms with Gasteiger partial charge in [0.05, 0.1) is 31.0 Å². The van der Waals surface area contributed by atoms with E-state index in [1.54, 1.807) is 0 Å². The van der Waals surface area contributed by atoms with Gasteiger partial charge in [0.1, 0.15) is 0 Å². The standard InChI is InChI=1S/C45H74N6O4/c1-32-38(52)26-37(51-23-22-47-31-51)36(49-32)14-13-33-11-9-17-43(15-6-7-16-43)20-21-44(55,29-41(53)54)30-48-42(2)27-39(50-40(46)28-42)45(18-4-3-5-19-45)35-12-8-10-34(24-33)25-35/h8,10,12,22,25,32-33,36-40,48-50,52,55H,3-7,9,11,13-21,23-24,26-31,46H2,1-2H3,(H,53,54). The summed E-state index contributed by atoms with van der Waals surface area (Å²) in [6.07, 6.45) is 22.5. The molecule has 308 valence electrons. The normalized spacial score (nSPS) is 38.8. The van der Waals surface area contributed by atoms with E-state index >= 15 is 0 Å². The van der Waals surface area contributed by atoms with Gasteiger partial charge in [-0.15, -0.1) is 0 Å². The second kappa shape index (κ2) is 17.5. The number of carboxylic acid groups (broad SMARTS) is 1. The van der Waals surface area contributed by atoms with E-state index in [1.165, 1.54) is 56.1 Å². The van der Waals surface area contributed by atoms with Gasteiger partial charge in [-0.2, -0.15) is 0 Å². The number of nitrogens with two attached hydrogens (primary N) is 1. The largest absolute Gasteiger partial charge is 0.481 e. The molecule has 8 N–H and O–H groups in total. The zero-order valence-corrected chi connectivity index (χ0v) is 34.1. The summed E-state index contributed by atoms with van der Waals surface area (Å²) in [5.74, 6) is -0.399. The first kappa shape index (κ1) is 41.2. The van der Waals surface area contributed by atoms with Crippen molar-refractivity contribution in [1.82, 2.24) is 20.9 Å². The summed E-state index contributed by atoms with van der Waals surface area (Å²) in [6.45, 7) is 6.23. The van der Waals surface area contributed by atoms with Crippen molar-refractivity contribution < 1.29 is 20.1 Å². The number of aliphatic carboxylic acids is 1. The van der Waals surface area contributed by atoms with Crippen LogP contribution in [0.1, 0.15) is 153 Å². The lowest BCUT2D eigenvalue weighted by atomic mass is 9.61. The third kappa shape index (κ3) is 9.86. The highest BCUT2D eigenvalue weighted by atomic mass is 16.4. The van der Waals surface area contributed by atoms with E-state index in [1.807, 2.05) is 6.21 Å². The lowest BCUT2D eigenvalue weighted by Crippen LogP contribution is -2.67. The van der Waals surface area contributed by atoms with E-state index in [0.717, 1.165) is 90.3 Å². The molecule has 1 aromatic carbocycles. The van der Waals surface area contributed by atoms with E-state index < -0.39 is 11.6 Å². The minimum absolute atomic E-state index is 0.0313. The number of piperidine rings is 2. The number of rotatable bonds is 6. The Hall–Kier alpha value is -1.92. The average molecular weight is 763 g/mol. The fourth-order valence-electron chi connectivity index (χ4n) is 12.4. The fourth-order valence-corrected chi connectivity index (χ4v) is 12.4.